The number of allylic oxidation sites excluding steroid dienone is 10. The van der Waals surface area contributed by atoms with E-state index in [4.69, 9.17) is 4.98 Å². The molecule has 2 nitrogen and oxygen atoms in total. The Hall–Kier alpha value is -4.82. The fraction of sp³-hybridized carbons (Fsp3) is 0.150. The zero-order valence-electron chi connectivity index (χ0n) is 25.4. The summed E-state index contributed by atoms with van der Waals surface area (Å²) in [6, 6.07) is 27.9. The van der Waals surface area contributed by atoms with Gasteiger partial charge in [-0.3, -0.25) is 9.98 Å². The zero-order valence-corrected chi connectivity index (χ0v) is 25.4. The van der Waals surface area contributed by atoms with Gasteiger partial charge in [0.15, 0.2) is 0 Å². The summed E-state index contributed by atoms with van der Waals surface area (Å²) in [5.74, 6) is 0. The van der Waals surface area contributed by atoms with Crippen LogP contribution < -0.4 is 0 Å². The van der Waals surface area contributed by atoms with Crippen molar-refractivity contribution in [1.82, 2.24) is 4.98 Å². The van der Waals surface area contributed by atoms with E-state index in [0.717, 1.165) is 45.4 Å². The molecule has 0 fully saturated rings. The number of para-hydroxylation sites is 1. The number of aliphatic imine (C=N–C) groups is 1. The quantitative estimate of drug-likeness (QED) is 0.211. The molecule has 4 aromatic rings. The minimum absolute atomic E-state index is 0.860. The topological polar surface area (TPSA) is 25.2 Å². The minimum Gasteiger partial charge on any atom is -0.288 e. The first kappa shape index (κ1) is 30.1. The van der Waals surface area contributed by atoms with Crippen LogP contribution in [-0.2, 0) is 0 Å². The lowest BCUT2D eigenvalue weighted by molar-refractivity contribution is 1.24. The van der Waals surface area contributed by atoms with Crippen LogP contribution in [0.4, 0.5) is 0 Å². The Morgan fingerprint density at radius 3 is 2.33 bits per heavy atom. The molecule has 1 heterocycles. The molecule has 0 saturated carbocycles. The molecule has 3 aromatic carbocycles. The Labute approximate surface area is 251 Å². The summed E-state index contributed by atoms with van der Waals surface area (Å²) in [4.78, 5) is 9.57. The fourth-order valence-electron chi connectivity index (χ4n) is 5.19. The monoisotopic (exact) mass is 548 g/mol. The lowest BCUT2D eigenvalue weighted by atomic mass is 9.86. The van der Waals surface area contributed by atoms with Crippen molar-refractivity contribution in [3.63, 3.8) is 0 Å². The van der Waals surface area contributed by atoms with Crippen molar-refractivity contribution in [2.45, 2.75) is 34.1 Å². The Kier molecular flexibility index (Phi) is 10.9. The summed E-state index contributed by atoms with van der Waals surface area (Å²) in [7, 11) is 1.86. The van der Waals surface area contributed by atoms with E-state index < -0.39 is 0 Å². The number of aryl methyl sites for hydroxylation is 1. The maximum Gasteiger partial charge on any atom is 0.0711 e. The molecule has 2 heteroatoms. The minimum atomic E-state index is 0.860. The van der Waals surface area contributed by atoms with Crippen LogP contribution >= 0.6 is 0 Å². The molecular weight excluding hydrogens is 508 g/mol. The maximum absolute atomic E-state index is 4.97. The molecule has 42 heavy (non-hydrogen) atoms. The first-order valence-electron chi connectivity index (χ1n) is 14.8. The fourth-order valence-corrected chi connectivity index (χ4v) is 5.19. The van der Waals surface area contributed by atoms with Crippen LogP contribution in [0.25, 0.3) is 33.7 Å². The van der Waals surface area contributed by atoms with E-state index in [1.807, 2.05) is 40.0 Å². The van der Waals surface area contributed by atoms with Crippen LogP contribution in [0.3, 0.4) is 0 Å². The van der Waals surface area contributed by atoms with Gasteiger partial charge in [-0.1, -0.05) is 135 Å². The number of fused-ring (bicyclic) bond motifs is 1. The van der Waals surface area contributed by atoms with E-state index in [2.05, 4.69) is 139 Å². The molecule has 1 aliphatic carbocycles. The summed E-state index contributed by atoms with van der Waals surface area (Å²) in [6.07, 6.45) is 22.0. The molecule has 5 rings (SSSR count). The van der Waals surface area contributed by atoms with Crippen molar-refractivity contribution >= 4 is 28.3 Å². The van der Waals surface area contributed by atoms with Crippen LogP contribution in [0.15, 0.2) is 144 Å². The van der Waals surface area contributed by atoms with Crippen LogP contribution in [0.5, 0.6) is 0 Å². The van der Waals surface area contributed by atoms with Gasteiger partial charge >= 0.3 is 0 Å². The summed E-state index contributed by atoms with van der Waals surface area (Å²) in [5, 5.41) is 1.15. The third kappa shape index (κ3) is 6.90. The summed E-state index contributed by atoms with van der Waals surface area (Å²) < 4.78 is 0. The number of hydrogen-bond donors (Lipinski definition) is 0. The Morgan fingerprint density at radius 1 is 0.810 bits per heavy atom. The summed E-state index contributed by atoms with van der Waals surface area (Å²) in [5.41, 5.74) is 11.2. The Balaban J connectivity index is 0.00000198. The average molecular weight is 549 g/mol. The van der Waals surface area contributed by atoms with Gasteiger partial charge in [0.05, 0.1) is 11.2 Å². The Morgan fingerprint density at radius 2 is 1.55 bits per heavy atom. The molecule has 210 valence electrons. The number of aromatic nitrogens is 1. The highest BCUT2D eigenvalue weighted by Crippen LogP contribution is 2.37. The van der Waals surface area contributed by atoms with Gasteiger partial charge in [0.2, 0.25) is 0 Å². The van der Waals surface area contributed by atoms with Crippen molar-refractivity contribution in [2.75, 3.05) is 7.05 Å². The standard InChI is InChI=1S/C38H34N2.C2H6/c1-4-5-6-7-8-12-22-32-28(2)40-36-26-16-14-24-34(36)38(32)31-21-17-20-30(27-31)37(29-18-10-9-11-19-29)33-23-13-15-25-35(33)39-3;1-2/h4-7,9-27H,8H2,1-3H3;1-2H3/b5-4-,7-6-,22-12-,37-33-,39-35?;. The van der Waals surface area contributed by atoms with Crippen molar-refractivity contribution in [3.05, 3.63) is 162 Å². The molecule has 0 atom stereocenters. The SMILES string of the molecule is C/C=C\C=C/C/C=C\c1c(C)nc2ccccc2c1-c1cccc(/C(=C2/C=CC=CC2=NC)c2ccccc2)c1.CC. The molecule has 0 radical (unpaired) electrons. The third-order valence-corrected chi connectivity index (χ3v) is 7.03. The molecule has 0 N–H and O–H groups in total. The molecule has 0 spiro atoms. The number of hydrogen-bond acceptors (Lipinski definition) is 2. The first-order chi connectivity index (χ1) is 20.7. The molecular formula is C40H40N2. The second kappa shape index (κ2) is 15.3. The molecule has 0 amide bonds. The first-order valence-corrected chi connectivity index (χ1v) is 14.8. The highest BCUT2D eigenvalue weighted by molar-refractivity contribution is 6.18. The second-order valence-corrected chi connectivity index (χ2v) is 9.66. The van der Waals surface area contributed by atoms with E-state index in [1.165, 1.54) is 22.3 Å². The van der Waals surface area contributed by atoms with E-state index >= 15 is 0 Å². The normalized spacial score (nSPS) is 15.2. The van der Waals surface area contributed by atoms with Crippen molar-refractivity contribution < 1.29 is 0 Å². The van der Waals surface area contributed by atoms with Gasteiger partial charge in [-0.25, -0.2) is 0 Å². The molecule has 0 bridgehead atoms. The van der Waals surface area contributed by atoms with E-state index in [0.29, 0.717) is 0 Å². The van der Waals surface area contributed by atoms with Gasteiger partial charge in [0.1, 0.15) is 0 Å². The van der Waals surface area contributed by atoms with Crippen molar-refractivity contribution in [2.24, 2.45) is 4.99 Å². The van der Waals surface area contributed by atoms with Gasteiger partial charge < -0.3 is 0 Å². The van der Waals surface area contributed by atoms with E-state index in [-0.39, 0.29) is 0 Å². The Bertz CT molecular complexity index is 1720. The number of pyridine rings is 1. The van der Waals surface area contributed by atoms with Gasteiger partial charge in [-0.2, -0.15) is 0 Å². The summed E-state index contributed by atoms with van der Waals surface area (Å²) >= 11 is 0. The number of nitrogens with zero attached hydrogens (tertiary/aromatic N) is 2. The summed E-state index contributed by atoms with van der Waals surface area (Å²) in [6.45, 7) is 8.14. The van der Waals surface area contributed by atoms with E-state index in [9.17, 15) is 0 Å². The van der Waals surface area contributed by atoms with Crippen LogP contribution in [0.1, 0.15) is 49.6 Å². The van der Waals surface area contributed by atoms with Crippen LogP contribution in [0, 0.1) is 6.92 Å². The van der Waals surface area contributed by atoms with Crippen LogP contribution in [-0.4, -0.2) is 17.7 Å². The van der Waals surface area contributed by atoms with Gasteiger partial charge in [0.25, 0.3) is 0 Å². The molecule has 1 aliphatic rings. The predicted molar refractivity (Wildman–Crippen MR) is 185 cm³/mol. The molecule has 0 unspecified atom stereocenters. The molecule has 0 aliphatic heterocycles. The lowest BCUT2D eigenvalue weighted by Crippen LogP contribution is -2.05. The van der Waals surface area contributed by atoms with Gasteiger partial charge in [-0.05, 0) is 60.7 Å². The molecule has 0 saturated heterocycles. The number of benzene rings is 3. The number of rotatable bonds is 7. The highest BCUT2D eigenvalue weighted by atomic mass is 14.7. The largest absolute Gasteiger partial charge is 0.288 e. The third-order valence-electron chi connectivity index (χ3n) is 7.03. The maximum atomic E-state index is 4.97. The second-order valence-electron chi connectivity index (χ2n) is 9.66. The predicted octanol–water partition coefficient (Wildman–Crippen LogP) is 10.8. The zero-order chi connectivity index (χ0) is 29.7. The smallest absolute Gasteiger partial charge is 0.0711 e. The molecule has 1 aromatic heterocycles. The van der Waals surface area contributed by atoms with Crippen LogP contribution in [0.2, 0.25) is 0 Å². The van der Waals surface area contributed by atoms with Crippen molar-refractivity contribution in [3.8, 4) is 11.1 Å². The average Bonchev–Trinajstić information content (AvgIpc) is 3.04. The van der Waals surface area contributed by atoms with Gasteiger partial charge in [0, 0.05) is 34.8 Å². The van der Waals surface area contributed by atoms with Gasteiger partial charge in [-0.15, -0.1) is 0 Å². The van der Waals surface area contributed by atoms with E-state index in [1.54, 1.807) is 0 Å². The lowest BCUT2D eigenvalue weighted by Gasteiger charge is -2.18. The highest BCUT2D eigenvalue weighted by Gasteiger charge is 2.18. The van der Waals surface area contributed by atoms with Crippen molar-refractivity contribution in [1.29, 1.82) is 0 Å².